The second-order valence-electron chi connectivity index (χ2n) is 5.59. The minimum atomic E-state index is -0.241. The predicted octanol–water partition coefficient (Wildman–Crippen LogP) is 3.48. The Morgan fingerprint density at radius 1 is 1.00 bits per heavy atom. The Morgan fingerprint density at radius 3 is 2.39 bits per heavy atom. The van der Waals surface area contributed by atoms with Crippen LogP contribution in [0.2, 0.25) is 0 Å². The number of hydrogen-bond donors (Lipinski definition) is 2. The molecule has 0 unspecified atom stereocenters. The largest absolute Gasteiger partial charge is 0.378 e. The number of rotatable bonds is 3. The lowest BCUT2D eigenvalue weighted by atomic mass is 10.2. The van der Waals surface area contributed by atoms with Crippen molar-refractivity contribution < 1.29 is 9.53 Å². The molecule has 1 heterocycles. The van der Waals surface area contributed by atoms with Crippen molar-refractivity contribution in [1.29, 1.82) is 0 Å². The summed E-state index contributed by atoms with van der Waals surface area (Å²) in [6.45, 7) is 5.33. The summed E-state index contributed by atoms with van der Waals surface area (Å²) in [5.41, 5.74) is 3.82. The number of nitrogens with zero attached hydrogens (tertiary/aromatic N) is 1. The highest BCUT2D eigenvalue weighted by Gasteiger charge is 2.11. The number of anilines is 3. The Kier molecular flexibility index (Phi) is 4.78. The smallest absolute Gasteiger partial charge is 0.323 e. The molecule has 0 radical (unpaired) electrons. The second kappa shape index (κ2) is 7.15. The molecule has 1 fully saturated rings. The molecular weight excluding hydrogens is 290 g/mol. The molecule has 120 valence electrons. The van der Waals surface area contributed by atoms with Crippen LogP contribution in [-0.2, 0) is 4.74 Å². The average molecular weight is 311 g/mol. The van der Waals surface area contributed by atoms with Gasteiger partial charge in [-0.2, -0.15) is 0 Å². The van der Waals surface area contributed by atoms with Gasteiger partial charge >= 0.3 is 6.03 Å². The van der Waals surface area contributed by atoms with Crippen LogP contribution in [0.25, 0.3) is 0 Å². The number of nitrogens with one attached hydrogen (secondary N) is 2. The molecule has 2 amide bonds. The van der Waals surface area contributed by atoms with Crippen molar-refractivity contribution in [3.63, 3.8) is 0 Å². The van der Waals surface area contributed by atoms with Gasteiger partial charge in [0.25, 0.3) is 0 Å². The first-order chi connectivity index (χ1) is 11.2. The van der Waals surface area contributed by atoms with Crippen LogP contribution in [-0.4, -0.2) is 32.3 Å². The summed E-state index contributed by atoms with van der Waals surface area (Å²) in [4.78, 5) is 14.3. The average Bonchev–Trinajstić information content (AvgIpc) is 2.56. The lowest BCUT2D eigenvalue weighted by Gasteiger charge is -2.28. The molecule has 2 N–H and O–H groups in total. The molecule has 1 aliphatic heterocycles. The number of carbonyl (C=O) groups excluding carboxylic acids is 1. The van der Waals surface area contributed by atoms with Gasteiger partial charge in [-0.15, -0.1) is 0 Å². The van der Waals surface area contributed by atoms with Crippen molar-refractivity contribution in [1.82, 2.24) is 0 Å². The Hall–Kier alpha value is -2.53. The lowest BCUT2D eigenvalue weighted by molar-refractivity contribution is 0.122. The molecule has 0 aromatic heterocycles. The summed E-state index contributed by atoms with van der Waals surface area (Å²) in [5, 5.41) is 5.68. The molecule has 0 aliphatic carbocycles. The van der Waals surface area contributed by atoms with Crippen LogP contribution in [0.15, 0.2) is 48.5 Å². The van der Waals surface area contributed by atoms with Gasteiger partial charge in [-0.1, -0.05) is 12.1 Å². The van der Waals surface area contributed by atoms with Crippen LogP contribution in [0.4, 0.5) is 21.9 Å². The Balaban J connectivity index is 1.58. The van der Waals surface area contributed by atoms with E-state index in [1.165, 1.54) is 0 Å². The van der Waals surface area contributed by atoms with Crippen molar-refractivity contribution in [2.24, 2.45) is 0 Å². The highest BCUT2D eigenvalue weighted by Crippen LogP contribution is 2.19. The van der Waals surface area contributed by atoms with E-state index in [4.69, 9.17) is 4.74 Å². The Labute approximate surface area is 136 Å². The molecule has 0 bridgehead atoms. The standard InChI is InChI=1S/C18H21N3O2/c1-14-3-2-4-16(13-14)20-18(22)19-15-5-7-17(8-6-15)21-9-11-23-12-10-21/h2-8,13H,9-12H2,1H3,(H2,19,20,22). The molecule has 1 saturated heterocycles. The summed E-state index contributed by atoms with van der Waals surface area (Å²) < 4.78 is 5.36. The van der Waals surface area contributed by atoms with Gasteiger partial charge in [0, 0.05) is 30.2 Å². The van der Waals surface area contributed by atoms with Gasteiger partial charge in [0.1, 0.15) is 0 Å². The predicted molar refractivity (Wildman–Crippen MR) is 93.3 cm³/mol. The van der Waals surface area contributed by atoms with E-state index in [0.29, 0.717) is 0 Å². The zero-order valence-electron chi connectivity index (χ0n) is 13.2. The fourth-order valence-electron chi connectivity index (χ4n) is 2.59. The van der Waals surface area contributed by atoms with Crippen molar-refractivity contribution >= 4 is 23.1 Å². The minimum absolute atomic E-state index is 0.241. The summed E-state index contributed by atoms with van der Waals surface area (Å²) in [7, 11) is 0. The fourth-order valence-corrected chi connectivity index (χ4v) is 2.59. The first-order valence-electron chi connectivity index (χ1n) is 7.78. The molecule has 5 heteroatoms. The highest BCUT2D eigenvalue weighted by molar-refractivity contribution is 5.99. The summed E-state index contributed by atoms with van der Waals surface area (Å²) in [6.07, 6.45) is 0. The van der Waals surface area contributed by atoms with Crippen molar-refractivity contribution in [2.45, 2.75) is 6.92 Å². The minimum Gasteiger partial charge on any atom is -0.378 e. The highest BCUT2D eigenvalue weighted by atomic mass is 16.5. The summed E-state index contributed by atoms with van der Waals surface area (Å²) >= 11 is 0. The molecule has 0 atom stereocenters. The van der Waals surface area contributed by atoms with Crippen molar-refractivity contribution in [2.75, 3.05) is 41.8 Å². The SMILES string of the molecule is Cc1cccc(NC(=O)Nc2ccc(N3CCOCC3)cc2)c1. The van der Waals surface area contributed by atoms with Crippen LogP contribution in [0.5, 0.6) is 0 Å². The maximum absolute atomic E-state index is 12.0. The van der Waals surface area contributed by atoms with Crippen LogP contribution in [0.1, 0.15) is 5.56 Å². The third-order valence-electron chi connectivity index (χ3n) is 3.78. The van der Waals surface area contributed by atoms with Crippen molar-refractivity contribution in [3.05, 3.63) is 54.1 Å². The molecular formula is C18H21N3O2. The molecule has 3 rings (SSSR count). The van der Waals surface area contributed by atoms with E-state index in [1.54, 1.807) is 0 Å². The quantitative estimate of drug-likeness (QED) is 0.912. The summed E-state index contributed by atoms with van der Waals surface area (Å²) in [5.74, 6) is 0. The van der Waals surface area contributed by atoms with Crippen LogP contribution in [0, 0.1) is 6.92 Å². The van der Waals surface area contributed by atoms with Gasteiger partial charge in [0.15, 0.2) is 0 Å². The monoisotopic (exact) mass is 311 g/mol. The number of ether oxygens (including phenoxy) is 1. The van der Waals surface area contributed by atoms with Crippen LogP contribution >= 0.6 is 0 Å². The molecule has 0 saturated carbocycles. The topological polar surface area (TPSA) is 53.6 Å². The number of hydrogen-bond acceptors (Lipinski definition) is 3. The Morgan fingerprint density at radius 2 is 1.70 bits per heavy atom. The van der Waals surface area contributed by atoms with E-state index in [1.807, 2.05) is 55.5 Å². The maximum atomic E-state index is 12.0. The van der Waals surface area contributed by atoms with E-state index < -0.39 is 0 Å². The number of aryl methyl sites for hydroxylation is 1. The van der Waals surface area contributed by atoms with E-state index in [0.717, 1.165) is 48.9 Å². The zero-order chi connectivity index (χ0) is 16.1. The molecule has 2 aromatic rings. The zero-order valence-corrected chi connectivity index (χ0v) is 13.2. The number of urea groups is 1. The molecule has 0 spiro atoms. The number of carbonyl (C=O) groups is 1. The maximum Gasteiger partial charge on any atom is 0.323 e. The molecule has 1 aliphatic rings. The molecule has 5 nitrogen and oxygen atoms in total. The molecule has 2 aromatic carbocycles. The number of morpholine rings is 1. The Bertz CT molecular complexity index is 664. The van der Waals surface area contributed by atoms with E-state index in [9.17, 15) is 4.79 Å². The van der Waals surface area contributed by atoms with Crippen LogP contribution in [0.3, 0.4) is 0 Å². The lowest BCUT2D eigenvalue weighted by Crippen LogP contribution is -2.36. The third-order valence-corrected chi connectivity index (χ3v) is 3.78. The number of benzene rings is 2. The van der Waals surface area contributed by atoms with Gasteiger partial charge in [-0.05, 0) is 48.9 Å². The van der Waals surface area contributed by atoms with Gasteiger partial charge < -0.3 is 20.3 Å². The van der Waals surface area contributed by atoms with Crippen molar-refractivity contribution in [3.8, 4) is 0 Å². The second-order valence-corrected chi connectivity index (χ2v) is 5.59. The number of amides is 2. The van der Waals surface area contributed by atoms with E-state index in [-0.39, 0.29) is 6.03 Å². The van der Waals surface area contributed by atoms with Crippen LogP contribution < -0.4 is 15.5 Å². The van der Waals surface area contributed by atoms with Gasteiger partial charge in [0.05, 0.1) is 13.2 Å². The first kappa shape index (κ1) is 15.4. The van der Waals surface area contributed by atoms with Gasteiger partial charge in [-0.25, -0.2) is 4.79 Å². The fraction of sp³-hybridized carbons (Fsp3) is 0.278. The normalized spacial score (nSPS) is 14.4. The van der Waals surface area contributed by atoms with E-state index in [2.05, 4.69) is 15.5 Å². The summed E-state index contributed by atoms with van der Waals surface area (Å²) in [6, 6.07) is 15.3. The van der Waals surface area contributed by atoms with Gasteiger partial charge in [-0.3, -0.25) is 0 Å². The third kappa shape index (κ3) is 4.23. The van der Waals surface area contributed by atoms with Gasteiger partial charge in [0.2, 0.25) is 0 Å². The first-order valence-corrected chi connectivity index (χ1v) is 7.78. The van der Waals surface area contributed by atoms with E-state index >= 15 is 0 Å². The molecule has 23 heavy (non-hydrogen) atoms.